The van der Waals surface area contributed by atoms with Gasteiger partial charge in [-0.1, -0.05) is 12.1 Å². The number of aryl methyl sites for hydroxylation is 1. The SMILES string of the molecule is CC(C)Oc1ccc(CCCN2CCNCC2)cc1. The third-order valence-electron chi connectivity index (χ3n) is 3.44. The van der Waals surface area contributed by atoms with E-state index in [4.69, 9.17) is 4.74 Å². The fraction of sp³-hybridized carbons (Fsp3) is 0.625. The van der Waals surface area contributed by atoms with E-state index in [9.17, 15) is 0 Å². The monoisotopic (exact) mass is 262 g/mol. The van der Waals surface area contributed by atoms with Gasteiger partial charge in [-0.05, 0) is 50.9 Å². The lowest BCUT2D eigenvalue weighted by molar-refractivity contribution is 0.238. The molecule has 1 aliphatic heterocycles. The topological polar surface area (TPSA) is 24.5 Å². The summed E-state index contributed by atoms with van der Waals surface area (Å²) in [5.74, 6) is 0.973. The number of nitrogens with zero attached hydrogens (tertiary/aromatic N) is 1. The van der Waals surface area contributed by atoms with Crippen LogP contribution in [0.3, 0.4) is 0 Å². The van der Waals surface area contributed by atoms with Crippen LogP contribution in [0.15, 0.2) is 24.3 Å². The Hall–Kier alpha value is -1.06. The van der Waals surface area contributed by atoms with E-state index in [0.717, 1.165) is 25.3 Å². The Balaban J connectivity index is 1.70. The summed E-state index contributed by atoms with van der Waals surface area (Å²) in [6.07, 6.45) is 2.65. The average molecular weight is 262 g/mol. The van der Waals surface area contributed by atoms with Crippen LogP contribution in [0.2, 0.25) is 0 Å². The smallest absolute Gasteiger partial charge is 0.119 e. The first-order valence-corrected chi connectivity index (χ1v) is 7.43. The molecule has 1 aliphatic rings. The number of rotatable bonds is 6. The van der Waals surface area contributed by atoms with Crippen LogP contribution >= 0.6 is 0 Å². The summed E-state index contributed by atoms with van der Waals surface area (Å²) in [7, 11) is 0. The van der Waals surface area contributed by atoms with Crippen LogP contribution in [-0.2, 0) is 6.42 Å². The van der Waals surface area contributed by atoms with Crippen molar-refractivity contribution in [2.75, 3.05) is 32.7 Å². The van der Waals surface area contributed by atoms with Crippen molar-refractivity contribution in [1.82, 2.24) is 10.2 Å². The summed E-state index contributed by atoms with van der Waals surface area (Å²) < 4.78 is 5.65. The first-order chi connectivity index (χ1) is 9.24. The van der Waals surface area contributed by atoms with E-state index in [1.165, 1.54) is 31.6 Å². The number of ether oxygens (including phenoxy) is 1. The minimum Gasteiger partial charge on any atom is -0.491 e. The highest BCUT2D eigenvalue weighted by atomic mass is 16.5. The van der Waals surface area contributed by atoms with E-state index in [1.54, 1.807) is 0 Å². The molecule has 19 heavy (non-hydrogen) atoms. The molecule has 3 heteroatoms. The molecule has 1 aromatic carbocycles. The van der Waals surface area contributed by atoms with Crippen LogP contribution in [0.25, 0.3) is 0 Å². The Kier molecular flexibility index (Phi) is 5.67. The van der Waals surface area contributed by atoms with Gasteiger partial charge in [0, 0.05) is 26.2 Å². The van der Waals surface area contributed by atoms with Gasteiger partial charge >= 0.3 is 0 Å². The molecule has 1 N–H and O–H groups in total. The molecule has 0 amide bonds. The second kappa shape index (κ2) is 7.51. The second-order valence-corrected chi connectivity index (χ2v) is 5.51. The van der Waals surface area contributed by atoms with Crippen molar-refractivity contribution in [1.29, 1.82) is 0 Å². The summed E-state index contributed by atoms with van der Waals surface area (Å²) in [6, 6.07) is 8.55. The normalized spacial score (nSPS) is 16.8. The van der Waals surface area contributed by atoms with Crippen LogP contribution < -0.4 is 10.1 Å². The van der Waals surface area contributed by atoms with Crippen molar-refractivity contribution in [2.45, 2.75) is 32.8 Å². The number of nitrogens with one attached hydrogen (secondary N) is 1. The molecule has 1 saturated heterocycles. The second-order valence-electron chi connectivity index (χ2n) is 5.51. The van der Waals surface area contributed by atoms with Gasteiger partial charge in [0.15, 0.2) is 0 Å². The predicted molar refractivity (Wildman–Crippen MR) is 79.8 cm³/mol. The molecule has 1 aromatic rings. The van der Waals surface area contributed by atoms with E-state index in [-0.39, 0.29) is 6.10 Å². The highest BCUT2D eigenvalue weighted by molar-refractivity contribution is 5.27. The van der Waals surface area contributed by atoms with Gasteiger partial charge in [0.1, 0.15) is 5.75 Å². The maximum absolute atomic E-state index is 5.65. The quantitative estimate of drug-likeness (QED) is 0.851. The van der Waals surface area contributed by atoms with E-state index >= 15 is 0 Å². The van der Waals surface area contributed by atoms with Gasteiger partial charge in [-0.3, -0.25) is 0 Å². The zero-order chi connectivity index (χ0) is 13.5. The summed E-state index contributed by atoms with van der Waals surface area (Å²) in [6.45, 7) is 10.00. The molecule has 0 radical (unpaired) electrons. The van der Waals surface area contributed by atoms with Gasteiger partial charge in [-0.25, -0.2) is 0 Å². The fourth-order valence-electron chi connectivity index (χ4n) is 2.45. The molecule has 0 bridgehead atoms. The zero-order valence-corrected chi connectivity index (χ0v) is 12.2. The Bertz CT molecular complexity index is 356. The van der Waals surface area contributed by atoms with Gasteiger partial charge in [-0.2, -0.15) is 0 Å². The summed E-state index contributed by atoms with van der Waals surface area (Å²) >= 11 is 0. The zero-order valence-electron chi connectivity index (χ0n) is 12.2. The lowest BCUT2D eigenvalue weighted by Crippen LogP contribution is -2.43. The average Bonchev–Trinajstić information content (AvgIpc) is 2.41. The van der Waals surface area contributed by atoms with Crippen molar-refractivity contribution in [3.8, 4) is 5.75 Å². The van der Waals surface area contributed by atoms with Crippen molar-refractivity contribution in [3.63, 3.8) is 0 Å². The fourth-order valence-corrected chi connectivity index (χ4v) is 2.45. The van der Waals surface area contributed by atoms with E-state index in [0.29, 0.717) is 0 Å². The molecule has 2 rings (SSSR count). The Morgan fingerprint density at radius 3 is 2.47 bits per heavy atom. The van der Waals surface area contributed by atoms with Gasteiger partial charge < -0.3 is 15.0 Å². The highest BCUT2D eigenvalue weighted by Crippen LogP contribution is 2.15. The standard InChI is InChI=1S/C16H26N2O/c1-14(2)19-16-7-5-15(6-8-16)4-3-11-18-12-9-17-10-13-18/h5-8,14,17H,3-4,9-13H2,1-2H3. The van der Waals surface area contributed by atoms with Crippen molar-refractivity contribution in [2.24, 2.45) is 0 Å². The molecule has 0 unspecified atom stereocenters. The number of hydrogen-bond donors (Lipinski definition) is 1. The van der Waals surface area contributed by atoms with Gasteiger partial charge in [0.25, 0.3) is 0 Å². The number of benzene rings is 1. The number of piperazine rings is 1. The van der Waals surface area contributed by atoms with Crippen LogP contribution in [0.1, 0.15) is 25.8 Å². The van der Waals surface area contributed by atoms with Gasteiger partial charge in [0.05, 0.1) is 6.10 Å². The molecule has 0 aliphatic carbocycles. The predicted octanol–water partition coefficient (Wildman–Crippen LogP) is 2.31. The number of hydrogen-bond acceptors (Lipinski definition) is 3. The highest BCUT2D eigenvalue weighted by Gasteiger charge is 2.08. The van der Waals surface area contributed by atoms with E-state index in [1.807, 2.05) is 0 Å². The van der Waals surface area contributed by atoms with E-state index in [2.05, 4.69) is 48.3 Å². The van der Waals surface area contributed by atoms with Crippen molar-refractivity contribution in [3.05, 3.63) is 29.8 Å². The summed E-state index contributed by atoms with van der Waals surface area (Å²) in [5.41, 5.74) is 1.41. The van der Waals surface area contributed by atoms with Gasteiger partial charge in [-0.15, -0.1) is 0 Å². The molecule has 0 aromatic heterocycles. The Morgan fingerprint density at radius 2 is 1.84 bits per heavy atom. The first kappa shape index (κ1) is 14.4. The van der Waals surface area contributed by atoms with Crippen LogP contribution in [-0.4, -0.2) is 43.7 Å². The third kappa shape index (κ3) is 5.21. The summed E-state index contributed by atoms with van der Waals surface area (Å²) in [5, 5.41) is 3.39. The van der Waals surface area contributed by atoms with Crippen LogP contribution in [0, 0.1) is 0 Å². The van der Waals surface area contributed by atoms with Gasteiger partial charge in [0.2, 0.25) is 0 Å². The summed E-state index contributed by atoms with van der Waals surface area (Å²) in [4.78, 5) is 2.55. The molecule has 0 spiro atoms. The molecule has 106 valence electrons. The Morgan fingerprint density at radius 1 is 1.16 bits per heavy atom. The third-order valence-corrected chi connectivity index (χ3v) is 3.44. The Labute approximate surface area is 116 Å². The lowest BCUT2D eigenvalue weighted by atomic mass is 10.1. The van der Waals surface area contributed by atoms with E-state index < -0.39 is 0 Å². The molecule has 1 heterocycles. The maximum atomic E-state index is 5.65. The van der Waals surface area contributed by atoms with Crippen LogP contribution in [0.5, 0.6) is 5.75 Å². The van der Waals surface area contributed by atoms with Crippen LogP contribution in [0.4, 0.5) is 0 Å². The largest absolute Gasteiger partial charge is 0.491 e. The van der Waals surface area contributed by atoms with Crippen molar-refractivity contribution < 1.29 is 4.74 Å². The molecule has 1 fully saturated rings. The van der Waals surface area contributed by atoms with Crippen molar-refractivity contribution >= 4 is 0 Å². The first-order valence-electron chi connectivity index (χ1n) is 7.43. The minimum absolute atomic E-state index is 0.249. The molecule has 0 saturated carbocycles. The molecular weight excluding hydrogens is 236 g/mol. The molecular formula is C16H26N2O. The lowest BCUT2D eigenvalue weighted by Gasteiger charge is -2.27. The molecule has 0 atom stereocenters. The maximum Gasteiger partial charge on any atom is 0.119 e. The molecule has 3 nitrogen and oxygen atoms in total. The minimum atomic E-state index is 0.249.